The highest BCUT2D eigenvalue weighted by molar-refractivity contribution is 5.34. The number of ether oxygens (including phenoxy) is 1. The molecular formula is C10H14O2. The van der Waals surface area contributed by atoms with E-state index in [1.165, 1.54) is 0 Å². The van der Waals surface area contributed by atoms with E-state index in [2.05, 4.69) is 0 Å². The predicted octanol–water partition coefficient (Wildman–Crippen LogP) is 2.24. The Morgan fingerprint density at radius 3 is 2.75 bits per heavy atom. The lowest BCUT2D eigenvalue weighted by Gasteiger charge is -2.03. The molecule has 0 saturated heterocycles. The van der Waals surface area contributed by atoms with Crippen molar-refractivity contribution in [3.8, 4) is 5.75 Å². The van der Waals surface area contributed by atoms with Crippen LogP contribution >= 0.6 is 0 Å². The molecule has 0 bridgehead atoms. The van der Waals surface area contributed by atoms with Crippen LogP contribution in [0.4, 0.5) is 0 Å². The number of hydrogen-bond donors (Lipinski definition) is 1. The monoisotopic (exact) mass is 166 g/mol. The van der Waals surface area contributed by atoms with Crippen molar-refractivity contribution in [3.63, 3.8) is 0 Å². The van der Waals surface area contributed by atoms with E-state index in [1.54, 1.807) is 6.07 Å². The summed E-state index contributed by atoms with van der Waals surface area (Å²) in [5.41, 5.74) is 2.00. The van der Waals surface area contributed by atoms with Crippen LogP contribution in [0.2, 0.25) is 0 Å². The van der Waals surface area contributed by atoms with Crippen molar-refractivity contribution in [2.45, 2.75) is 20.5 Å². The highest BCUT2D eigenvalue weighted by Crippen LogP contribution is 2.17. The van der Waals surface area contributed by atoms with Crippen LogP contribution in [0.15, 0.2) is 18.2 Å². The average Bonchev–Trinajstić information content (AvgIpc) is 2.07. The lowest BCUT2D eigenvalue weighted by Crippen LogP contribution is -1.91. The Hall–Kier alpha value is -1.02. The Morgan fingerprint density at radius 2 is 2.17 bits per heavy atom. The largest absolute Gasteiger partial charge is 0.508 e. The topological polar surface area (TPSA) is 29.5 Å². The van der Waals surface area contributed by atoms with Gasteiger partial charge in [-0.3, -0.25) is 0 Å². The second-order valence-electron chi connectivity index (χ2n) is 2.76. The van der Waals surface area contributed by atoms with Crippen molar-refractivity contribution in [2.24, 2.45) is 0 Å². The molecule has 66 valence electrons. The molecule has 0 unspecified atom stereocenters. The first-order valence-corrected chi connectivity index (χ1v) is 4.10. The Balaban J connectivity index is 2.69. The van der Waals surface area contributed by atoms with Gasteiger partial charge in [0.05, 0.1) is 6.61 Å². The standard InChI is InChI=1S/C10H14O2/c1-3-12-7-9-4-5-10(11)8(2)6-9/h4-6,11H,3,7H2,1-2H3. The molecule has 1 aromatic rings. The molecule has 0 aliphatic carbocycles. The molecule has 2 nitrogen and oxygen atoms in total. The van der Waals surface area contributed by atoms with Gasteiger partial charge in [-0.15, -0.1) is 0 Å². The summed E-state index contributed by atoms with van der Waals surface area (Å²) >= 11 is 0. The minimum absolute atomic E-state index is 0.343. The summed E-state index contributed by atoms with van der Waals surface area (Å²) in [6.07, 6.45) is 0. The molecular weight excluding hydrogens is 152 g/mol. The van der Waals surface area contributed by atoms with Gasteiger partial charge in [-0.25, -0.2) is 0 Å². The minimum atomic E-state index is 0.343. The molecule has 2 heteroatoms. The third-order valence-electron chi connectivity index (χ3n) is 1.73. The zero-order valence-electron chi connectivity index (χ0n) is 7.50. The molecule has 0 aliphatic rings. The van der Waals surface area contributed by atoms with E-state index in [4.69, 9.17) is 4.74 Å². The van der Waals surface area contributed by atoms with Crippen LogP contribution in [-0.2, 0) is 11.3 Å². The smallest absolute Gasteiger partial charge is 0.118 e. The summed E-state index contributed by atoms with van der Waals surface area (Å²) < 4.78 is 5.23. The maximum absolute atomic E-state index is 9.23. The predicted molar refractivity (Wildman–Crippen MR) is 48.2 cm³/mol. The quantitative estimate of drug-likeness (QED) is 0.746. The zero-order valence-corrected chi connectivity index (χ0v) is 7.50. The van der Waals surface area contributed by atoms with E-state index in [1.807, 2.05) is 26.0 Å². The first-order valence-electron chi connectivity index (χ1n) is 4.10. The summed E-state index contributed by atoms with van der Waals surface area (Å²) in [6.45, 7) is 5.19. The van der Waals surface area contributed by atoms with E-state index in [9.17, 15) is 5.11 Å². The highest BCUT2D eigenvalue weighted by atomic mass is 16.5. The molecule has 0 aliphatic heterocycles. The first-order chi connectivity index (χ1) is 5.74. The van der Waals surface area contributed by atoms with Gasteiger partial charge in [-0.05, 0) is 31.0 Å². The fraction of sp³-hybridized carbons (Fsp3) is 0.400. The van der Waals surface area contributed by atoms with Crippen molar-refractivity contribution in [2.75, 3.05) is 6.61 Å². The third-order valence-corrected chi connectivity index (χ3v) is 1.73. The van der Waals surface area contributed by atoms with E-state index in [-0.39, 0.29) is 0 Å². The van der Waals surface area contributed by atoms with Crippen LogP contribution in [0.5, 0.6) is 5.75 Å². The van der Waals surface area contributed by atoms with Gasteiger partial charge in [-0.1, -0.05) is 12.1 Å². The van der Waals surface area contributed by atoms with Crippen molar-refractivity contribution in [3.05, 3.63) is 29.3 Å². The van der Waals surface area contributed by atoms with Crippen LogP contribution in [0, 0.1) is 6.92 Å². The first kappa shape index (κ1) is 9.07. The molecule has 0 heterocycles. The van der Waals surface area contributed by atoms with Gasteiger partial charge in [0, 0.05) is 6.61 Å². The van der Waals surface area contributed by atoms with Gasteiger partial charge in [-0.2, -0.15) is 0 Å². The molecule has 0 radical (unpaired) electrons. The number of phenols is 1. The molecule has 0 saturated carbocycles. The van der Waals surface area contributed by atoms with Crippen LogP contribution in [0.1, 0.15) is 18.1 Å². The summed E-state index contributed by atoms with van der Waals surface area (Å²) in [6, 6.07) is 5.51. The zero-order chi connectivity index (χ0) is 8.97. The Morgan fingerprint density at radius 1 is 1.42 bits per heavy atom. The fourth-order valence-electron chi connectivity index (χ4n) is 1.03. The Bertz CT molecular complexity index is 256. The molecule has 0 aromatic heterocycles. The molecule has 0 spiro atoms. The number of aryl methyl sites for hydroxylation is 1. The molecule has 1 rings (SSSR count). The molecule has 0 atom stereocenters. The maximum Gasteiger partial charge on any atom is 0.118 e. The van der Waals surface area contributed by atoms with E-state index in [0.29, 0.717) is 12.4 Å². The van der Waals surface area contributed by atoms with E-state index in [0.717, 1.165) is 17.7 Å². The number of benzene rings is 1. The second kappa shape index (κ2) is 4.12. The fourth-order valence-corrected chi connectivity index (χ4v) is 1.03. The van der Waals surface area contributed by atoms with Crippen molar-refractivity contribution < 1.29 is 9.84 Å². The minimum Gasteiger partial charge on any atom is -0.508 e. The van der Waals surface area contributed by atoms with Gasteiger partial charge in [0.25, 0.3) is 0 Å². The Labute approximate surface area is 72.8 Å². The number of hydrogen-bond acceptors (Lipinski definition) is 2. The molecule has 0 amide bonds. The van der Waals surface area contributed by atoms with E-state index >= 15 is 0 Å². The summed E-state index contributed by atoms with van der Waals surface area (Å²) in [5, 5.41) is 9.23. The lowest BCUT2D eigenvalue weighted by atomic mass is 10.1. The maximum atomic E-state index is 9.23. The van der Waals surface area contributed by atoms with Crippen molar-refractivity contribution in [1.82, 2.24) is 0 Å². The van der Waals surface area contributed by atoms with Crippen LogP contribution < -0.4 is 0 Å². The van der Waals surface area contributed by atoms with Crippen molar-refractivity contribution in [1.29, 1.82) is 0 Å². The van der Waals surface area contributed by atoms with Gasteiger partial charge in [0.15, 0.2) is 0 Å². The summed E-state index contributed by atoms with van der Waals surface area (Å²) in [7, 11) is 0. The lowest BCUT2D eigenvalue weighted by molar-refractivity contribution is 0.134. The van der Waals surface area contributed by atoms with Gasteiger partial charge >= 0.3 is 0 Å². The molecule has 12 heavy (non-hydrogen) atoms. The van der Waals surface area contributed by atoms with E-state index < -0.39 is 0 Å². The van der Waals surface area contributed by atoms with Gasteiger partial charge in [0.1, 0.15) is 5.75 Å². The molecule has 0 fully saturated rings. The van der Waals surface area contributed by atoms with Crippen molar-refractivity contribution >= 4 is 0 Å². The number of aromatic hydroxyl groups is 1. The Kier molecular flexibility index (Phi) is 3.11. The normalized spacial score (nSPS) is 10.2. The van der Waals surface area contributed by atoms with Crippen LogP contribution in [-0.4, -0.2) is 11.7 Å². The van der Waals surface area contributed by atoms with Crippen LogP contribution in [0.3, 0.4) is 0 Å². The molecule has 1 N–H and O–H groups in total. The van der Waals surface area contributed by atoms with Gasteiger partial charge in [0.2, 0.25) is 0 Å². The second-order valence-corrected chi connectivity index (χ2v) is 2.76. The molecule has 1 aromatic carbocycles. The highest BCUT2D eigenvalue weighted by Gasteiger charge is 1.97. The van der Waals surface area contributed by atoms with Gasteiger partial charge < -0.3 is 9.84 Å². The summed E-state index contributed by atoms with van der Waals surface area (Å²) in [4.78, 5) is 0. The summed E-state index contributed by atoms with van der Waals surface area (Å²) in [5.74, 6) is 0.343. The SMILES string of the molecule is CCOCc1ccc(O)c(C)c1. The van der Waals surface area contributed by atoms with Crippen LogP contribution in [0.25, 0.3) is 0 Å². The third kappa shape index (κ3) is 2.24. The average molecular weight is 166 g/mol. The number of phenolic OH excluding ortho intramolecular Hbond substituents is 1. The number of rotatable bonds is 3.